The van der Waals surface area contributed by atoms with Gasteiger partial charge >= 0.3 is 0 Å². The van der Waals surface area contributed by atoms with E-state index in [9.17, 15) is 9.59 Å². The fourth-order valence-electron chi connectivity index (χ4n) is 2.94. The third-order valence-corrected chi connectivity index (χ3v) is 5.95. The number of thiophene rings is 1. The minimum absolute atomic E-state index is 0.362. The standard InChI is InChI=1S/C22H15ClN2O2S/c23-20-17-10-3-4-11-18(17)28-21(20)22(27)25-24-19(26)13-12-15-8-5-7-14-6-1-2-9-16(14)15/h1-13H,(H,24,26)(H,25,27)/b13-12+. The van der Waals surface area contributed by atoms with Crippen molar-refractivity contribution in [2.24, 2.45) is 0 Å². The molecule has 0 bridgehead atoms. The molecular weight excluding hydrogens is 392 g/mol. The molecule has 0 saturated heterocycles. The second-order valence-corrected chi connectivity index (χ2v) is 7.52. The highest BCUT2D eigenvalue weighted by atomic mass is 35.5. The van der Waals surface area contributed by atoms with E-state index in [0.29, 0.717) is 9.90 Å². The van der Waals surface area contributed by atoms with Gasteiger partial charge in [-0.25, -0.2) is 0 Å². The molecule has 4 aromatic rings. The minimum Gasteiger partial charge on any atom is -0.268 e. The molecule has 4 nitrogen and oxygen atoms in total. The molecule has 1 aromatic heterocycles. The molecule has 0 saturated carbocycles. The van der Waals surface area contributed by atoms with Gasteiger partial charge in [0.1, 0.15) is 4.88 Å². The first-order valence-corrected chi connectivity index (χ1v) is 9.76. The van der Waals surface area contributed by atoms with E-state index in [1.807, 2.05) is 66.7 Å². The second kappa shape index (κ2) is 7.84. The van der Waals surface area contributed by atoms with Gasteiger partial charge in [0, 0.05) is 16.2 Å². The van der Waals surface area contributed by atoms with Crippen molar-refractivity contribution in [3.8, 4) is 0 Å². The van der Waals surface area contributed by atoms with Gasteiger partial charge in [-0.15, -0.1) is 11.3 Å². The van der Waals surface area contributed by atoms with E-state index in [1.54, 1.807) is 6.08 Å². The molecule has 28 heavy (non-hydrogen) atoms. The molecule has 0 unspecified atom stereocenters. The van der Waals surface area contributed by atoms with Crippen LogP contribution in [0.2, 0.25) is 5.02 Å². The Balaban J connectivity index is 1.44. The Morgan fingerprint density at radius 1 is 0.857 bits per heavy atom. The van der Waals surface area contributed by atoms with E-state index in [4.69, 9.17) is 11.6 Å². The predicted octanol–water partition coefficient (Wildman–Crippen LogP) is 5.18. The maximum Gasteiger partial charge on any atom is 0.281 e. The molecule has 6 heteroatoms. The average Bonchev–Trinajstić information content (AvgIpc) is 3.07. The van der Waals surface area contributed by atoms with E-state index in [1.165, 1.54) is 17.4 Å². The maximum absolute atomic E-state index is 12.4. The summed E-state index contributed by atoms with van der Waals surface area (Å²) in [5, 5.41) is 3.35. The van der Waals surface area contributed by atoms with Gasteiger partial charge in [-0.05, 0) is 28.5 Å². The number of hydrogen-bond acceptors (Lipinski definition) is 3. The van der Waals surface area contributed by atoms with Crippen LogP contribution in [0, 0.1) is 0 Å². The van der Waals surface area contributed by atoms with Crippen LogP contribution in [0.25, 0.3) is 26.9 Å². The Bertz CT molecular complexity index is 1220. The van der Waals surface area contributed by atoms with Crippen molar-refractivity contribution in [3.63, 3.8) is 0 Å². The third-order valence-electron chi connectivity index (χ3n) is 4.28. The summed E-state index contributed by atoms with van der Waals surface area (Å²) in [5.74, 6) is -0.878. The summed E-state index contributed by atoms with van der Waals surface area (Å²) in [5.41, 5.74) is 5.73. The van der Waals surface area contributed by atoms with Crippen LogP contribution in [0.1, 0.15) is 15.2 Å². The monoisotopic (exact) mass is 406 g/mol. The molecule has 0 aliphatic rings. The minimum atomic E-state index is -0.446. The number of rotatable bonds is 3. The molecule has 2 amide bonds. The molecule has 4 rings (SSSR count). The Morgan fingerprint density at radius 2 is 1.57 bits per heavy atom. The number of halogens is 1. The summed E-state index contributed by atoms with van der Waals surface area (Å²) in [7, 11) is 0. The lowest BCUT2D eigenvalue weighted by atomic mass is 10.0. The largest absolute Gasteiger partial charge is 0.281 e. The van der Waals surface area contributed by atoms with Crippen molar-refractivity contribution in [2.45, 2.75) is 0 Å². The number of carbonyl (C=O) groups excluding carboxylic acids is 2. The summed E-state index contributed by atoms with van der Waals surface area (Å²) in [6.07, 6.45) is 3.10. The van der Waals surface area contributed by atoms with E-state index >= 15 is 0 Å². The van der Waals surface area contributed by atoms with Crippen molar-refractivity contribution in [1.29, 1.82) is 0 Å². The van der Waals surface area contributed by atoms with Crippen molar-refractivity contribution in [1.82, 2.24) is 10.9 Å². The number of hydrazine groups is 1. The van der Waals surface area contributed by atoms with Crippen LogP contribution in [-0.2, 0) is 4.79 Å². The van der Waals surface area contributed by atoms with Gasteiger partial charge in [0.25, 0.3) is 11.8 Å². The highest BCUT2D eigenvalue weighted by Crippen LogP contribution is 2.34. The van der Waals surface area contributed by atoms with Gasteiger partial charge in [-0.2, -0.15) is 0 Å². The van der Waals surface area contributed by atoms with Gasteiger partial charge in [-0.1, -0.05) is 72.3 Å². The lowest BCUT2D eigenvalue weighted by Gasteiger charge is -2.04. The Morgan fingerprint density at radius 3 is 2.39 bits per heavy atom. The Kier molecular flexibility index (Phi) is 5.10. The first kappa shape index (κ1) is 18.2. The zero-order valence-corrected chi connectivity index (χ0v) is 16.2. The van der Waals surface area contributed by atoms with Crippen molar-refractivity contribution in [3.05, 3.63) is 88.3 Å². The molecule has 0 spiro atoms. The van der Waals surface area contributed by atoms with E-state index in [-0.39, 0.29) is 0 Å². The van der Waals surface area contributed by atoms with Crippen molar-refractivity contribution >= 4 is 61.7 Å². The predicted molar refractivity (Wildman–Crippen MR) is 115 cm³/mol. The molecular formula is C22H15ClN2O2S. The number of nitrogens with one attached hydrogen (secondary N) is 2. The van der Waals surface area contributed by atoms with Gasteiger partial charge < -0.3 is 0 Å². The third kappa shape index (κ3) is 3.63. The number of fused-ring (bicyclic) bond motifs is 2. The van der Waals surface area contributed by atoms with Crippen LogP contribution in [0.5, 0.6) is 0 Å². The van der Waals surface area contributed by atoms with Gasteiger partial charge in [-0.3, -0.25) is 20.4 Å². The molecule has 138 valence electrons. The van der Waals surface area contributed by atoms with Gasteiger partial charge in [0.05, 0.1) is 5.02 Å². The van der Waals surface area contributed by atoms with Crippen LogP contribution >= 0.6 is 22.9 Å². The number of hydrogen-bond donors (Lipinski definition) is 2. The van der Waals surface area contributed by atoms with E-state index in [0.717, 1.165) is 26.4 Å². The topological polar surface area (TPSA) is 58.2 Å². The SMILES string of the molecule is O=C(/C=C/c1cccc2ccccc12)NNC(=O)c1sc2ccccc2c1Cl. The van der Waals surface area contributed by atoms with Crippen LogP contribution in [0.15, 0.2) is 72.8 Å². The normalized spacial score (nSPS) is 11.2. The number of benzene rings is 3. The molecule has 3 aromatic carbocycles. The van der Waals surface area contributed by atoms with E-state index < -0.39 is 11.8 Å². The van der Waals surface area contributed by atoms with E-state index in [2.05, 4.69) is 10.9 Å². The molecule has 0 fully saturated rings. The first-order valence-electron chi connectivity index (χ1n) is 8.56. The number of carbonyl (C=O) groups is 2. The fourth-order valence-corrected chi connectivity index (χ4v) is 4.35. The van der Waals surface area contributed by atoms with Crippen molar-refractivity contribution < 1.29 is 9.59 Å². The Labute approximate surface area is 170 Å². The molecule has 0 aliphatic carbocycles. The average molecular weight is 407 g/mol. The lowest BCUT2D eigenvalue weighted by molar-refractivity contribution is -0.117. The summed E-state index contributed by atoms with van der Waals surface area (Å²) in [6, 6.07) is 21.3. The zero-order valence-electron chi connectivity index (χ0n) is 14.6. The Hall–Kier alpha value is -3.15. The molecule has 0 aliphatic heterocycles. The van der Waals surface area contributed by atoms with Gasteiger partial charge in [0.2, 0.25) is 0 Å². The summed E-state index contributed by atoms with van der Waals surface area (Å²) >= 11 is 7.57. The molecule has 1 heterocycles. The maximum atomic E-state index is 12.4. The zero-order chi connectivity index (χ0) is 19.5. The molecule has 2 N–H and O–H groups in total. The fraction of sp³-hybridized carbons (Fsp3) is 0. The van der Waals surface area contributed by atoms with Crippen LogP contribution in [0.3, 0.4) is 0 Å². The highest BCUT2D eigenvalue weighted by molar-refractivity contribution is 7.21. The highest BCUT2D eigenvalue weighted by Gasteiger charge is 2.16. The first-order chi connectivity index (χ1) is 13.6. The quantitative estimate of drug-likeness (QED) is 0.363. The second-order valence-electron chi connectivity index (χ2n) is 6.09. The smallest absolute Gasteiger partial charge is 0.268 e. The van der Waals surface area contributed by atoms with Crippen LogP contribution < -0.4 is 10.9 Å². The summed E-state index contributed by atoms with van der Waals surface area (Å²) < 4.78 is 0.917. The van der Waals surface area contributed by atoms with Crippen molar-refractivity contribution in [2.75, 3.05) is 0 Å². The summed E-state index contributed by atoms with van der Waals surface area (Å²) in [4.78, 5) is 24.8. The van der Waals surface area contributed by atoms with Crippen LogP contribution in [-0.4, -0.2) is 11.8 Å². The summed E-state index contributed by atoms with van der Waals surface area (Å²) in [6.45, 7) is 0. The number of amides is 2. The molecule has 0 atom stereocenters. The van der Waals surface area contributed by atoms with Crippen LogP contribution in [0.4, 0.5) is 0 Å². The lowest BCUT2D eigenvalue weighted by Crippen LogP contribution is -2.40. The molecule has 0 radical (unpaired) electrons. The van der Waals surface area contributed by atoms with Gasteiger partial charge in [0.15, 0.2) is 0 Å².